The van der Waals surface area contributed by atoms with Gasteiger partial charge in [-0.05, 0) is 67.3 Å². The van der Waals surface area contributed by atoms with E-state index in [0.29, 0.717) is 40.0 Å². The van der Waals surface area contributed by atoms with Gasteiger partial charge in [0.15, 0.2) is 5.76 Å². The van der Waals surface area contributed by atoms with E-state index in [1.807, 2.05) is 42.5 Å². The zero-order chi connectivity index (χ0) is 21.2. The Hall–Kier alpha value is -3.80. The van der Waals surface area contributed by atoms with E-state index in [4.69, 9.17) is 18.6 Å². The minimum atomic E-state index is -0.383. The second-order valence-corrected chi connectivity index (χ2v) is 7.57. The Kier molecular flexibility index (Phi) is 5.04. The van der Waals surface area contributed by atoms with Crippen molar-refractivity contribution in [2.24, 2.45) is 5.92 Å². The lowest BCUT2D eigenvalue weighted by molar-refractivity contribution is 0.0601. The summed E-state index contributed by atoms with van der Waals surface area (Å²) in [4.78, 5) is 16.2. The molecule has 6 nitrogen and oxygen atoms in total. The fraction of sp³-hybridized carbons (Fsp3) is 0.200. The first-order valence-corrected chi connectivity index (χ1v) is 10.2. The Balaban J connectivity index is 1.30. The summed E-state index contributed by atoms with van der Waals surface area (Å²) >= 11 is 0. The zero-order valence-electron chi connectivity index (χ0n) is 17.0. The van der Waals surface area contributed by atoms with Crippen LogP contribution in [-0.4, -0.2) is 24.7 Å². The van der Waals surface area contributed by atoms with Crippen molar-refractivity contribution in [3.8, 4) is 28.7 Å². The average molecular weight is 415 g/mol. The van der Waals surface area contributed by atoms with E-state index in [0.717, 1.165) is 17.7 Å². The lowest BCUT2D eigenvalue weighted by Crippen LogP contribution is -1.99. The molecule has 1 saturated carbocycles. The normalized spacial score (nSPS) is 13.2. The third kappa shape index (κ3) is 4.38. The Morgan fingerprint density at radius 1 is 1.03 bits per heavy atom. The number of fused-ring (bicyclic) bond motifs is 1. The number of methoxy groups -OCH3 is 1. The number of hydrogen-bond donors (Lipinski definition) is 0. The van der Waals surface area contributed by atoms with Crippen molar-refractivity contribution in [1.82, 2.24) is 4.98 Å². The van der Waals surface area contributed by atoms with Crippen LogP contribution in [0.5, 0.6) is 17.2 Å². The monoisotopic (exact) mass is 415 g/mol. The van der Waals surface area contributed by atoms with Crippen LogP contribution in [0.4, 0.5) is 0 Å². The molecule has 4 aromatic rings. The lowest BCUT2D eigenvalue weighted by Gasteiger charge is -2.09. The van der Waals surface area contributed by atoms with E-state index in [1.54, 1.807) is 24.4 Å². The van der Waals surface area contributed by atoms with Gasteiger partial charge in [-0.2, -0.15) is 0 Å². The quantitative estimate of drug-likeness (QED) is 0.352. The Morgan fingerprint density at radius 3 is 2.68 bits per heavy atom. The minimum Gasteiger partial charge on any atom is -0.493 e. The fourth-order valence-corrected chi connectivity index (χ4v) is 3.26. The number of nitrogens with zero attached hydrogens (tertiary/aromatic N) is 1. The van der Waals surface area contributed by atoms with Crippen LogP contribution in [0, 0.1) is 5.92 Å². The maximum Gasteiger partial charge on any atom is 0.337 e. The highest BCUT2D eigenvalue weighted by atomic mass is 16.5. The first-order valence-electron chi connectivity index (χ1n) is 10.2. The topological polar surface area (TPSA) is 70.8 Å². The van der Waals surface area contributed by atoms with Gasteiger partial charge in [-0.25, -0.2) is 9.78 Å². The van der Waals surface area contributed by atoms with Gasteiger partial charge in [0.2, 0.25) is 0 Å². The molecule has 0 radical (unpaired) electrons. The fourth-order valence-electron chi connectivity index (χ4n) is 3.26. The summed E-state index contributed by atoms with van der Waals surface area (Å²) in [6.45, 7) is 0.762. The van der Waals surface area contributed by atoms with Gasteiger partial charge in [0, 0.05) is 11.5 Å². The van der Waals surface area contributed by atoms with Crippen LogP contribution in [0.25, 0.3) is 22.4 Å². The van der Waals surface area contributed by atoms with Crippen molar-refractivity contribution >= 4 is 16.9 Å². The molecule has 6 heteroatoms. The maximum atomic E-state index is 11.7. The SMILES string of the molecule is COC(=O)c1ccc2oc(-c3ccc(Oc4cccc(OCC5CC5)c4)cn3)cc2c1. The highest BCUT2D eigenvalue weighted by Crippen LogP contribution is 2.32. The second-order valence-electron chi connectivity index (χ2n) is 7.57. The number of ether oxygens (including phenoxy) is 3. The summed E-state index contributed by atoms with van der Waals surface area (Å²) in [6, 6.07) is 18.3. The average Bonchev–Trinajstić information content (AvgIpc) is 3.54. The van der Waals surface area contributed by atoms with E-state index in [9.17, 15) is 4.79 Å². The number of aromatic nitrogens is 1. The predicted molar refractivity (Wildman–Crippen MR) is 116 cm³/mol. The summed E-state index contributed by atoms with van der Waals surface area (Å²) < 4.78 is 22.4. The molecule has 0 atom stereocenters. The molecule has 31 heavy (non-hydrogen) atoms. The smallest absolute Gasteiger partial charge is 0.337 e. The molecule has 2 aromatic carbocycles. The van der Waals surface area contributed by atoms with Crippen molar-refractivity contribution in [2.45, 2.75) is 12.8 Å². The third-order valence-electron chi connectivity index (χ3n) is 5.15. The van der Waals surface area contributed by atoms with Crippen molar-refractivity contribution in [2.75, 3.05) is 13.7 Å². The van der Waals surface area contributed by atoms with E-state index in [-0.39, 0.29) is 5.97 Å². The van der Waals surface area contributed by atoms with Gasteiger partial charge in [-0.1, -0.05) is 6.07 Å². The molecule has 2 aromatic heterocycles. The minimum absolute atomic E-state index is 0.383. The lowest BCUT2D eigenvalue weighted by atomic mass is 10.1. The molecule has 2 heterocycles. The van der Waals surface area contributed by atoms with E-state index in [1.165, 1.54) is 20.0 Å². The molecule has 0 N–H and O–H groups in total. The van der Waals surface area contributed by atoms with Gasteiger partial charge in [0.05, 0.1) is 25.5 Å². The summed E-state index contributed by atoms with van der Waals surface area (Å²) in [7, 11) is 1.36. The molecular formula is C25H21NO5. The van der Waals surface area contributed by atoms with Crippen LogP contribution >= 0.6 is 0 Å². The number of carbonyl (C=O) groups excluding carboxylic acids is 1. The van der Waals surface area contributed by atoms with Crippen molar-refractivity contribution in [3.05, 3.63) is 72.4 Å². The molecule has 0 amide bonds. The molecule has 0 saturated heterocycles. The van der Waals surface area contributed by atoms with E-state index in [2.05, 4.69) is 4.98 Å². The standard InChI is InChI=1S/C25H21NO5/c1-28-25(27)17-7-10-23-18(11-17)12-24(31-23)22-9-8-21(14-26-22)30-20-4-2-3-19(13-20)29-15-16-5-6-16/h2-4,7-14,16H,5-6,15H2,1H3. The zero-order valence-corrected chi connectivity index (χ0v) is 17.0. The molecule has 0 spiro atoms. The second kappa shape index (κ2) is 8.14. The van der Waals surface area contributed by atoms with Crippen LogP contribution in [0.2, 0.25) is 0 Å². The van der Waals surface area contributed by atoms with Crippen molar-refractivity contribution < 1.29 is 23.4 Å². The first-order chi connectivity index (χ1) is 15.2. The molecular weight excluding hydrogens is 394 g/mol. The molecule has 1 fully saturated rings. The highest BCUT2D eigenvalue weighted by Gasteiger charge is 2.21. The van der Waals surface area contributed by atoms with Crippen molar-refractivity contribution in [3.63, 3.8) is 0 Å². The summed E-state index contributed by atoms with van der Waals surface area (Å²) in [5.74, 6) is 3.05. The molecule has 5 rings (SSSR count). The van der Waals surface area contributed by atoms with Crippen LogP contribution in [-0.2, 0) is 4.74 Å². The number of esters is 1. The van der Waals surface area contributed by atoms with Gasteiger partial charge in [0.1, 0.15) is 28.5 Å². The van der Waals surface area contributed by atoms with Gasteiger partial charge in [0.25, 0.3) is 0 Å². The Morgan fingerprint density at radius 2 is 1.90 bits per heavy atom. The Bertz CT molecular complexity index is 1220. The molecule has 1 aliphatic rings. The van der Waals surface area contributed by atoms with Gasteiger partial charge >= 0.3 is 5.97 Å². The number of rotatable bonds is 7. The molecule has 0 bridgehead atoms. The van der Waals surface area contributed by atoms with Crippen molar-refractivity contribution in [1.29, 1.82) is 0 Å². The van der Waals surface area contributed by atoms with Gasteiger partial charge in [-0.3, -0.25) is 0 Å². The predicted octanol–water partition coefficient (Wildman–Crippen LogP) is 5.86. The van der Waals surface area contributed by atoms with Crippen LogP contribution in [0.15, 0.2) is 71.3 Å². The van der Waals surface area contributed by atoms with Gasteiger partial charge < -0.3 is 18.6 Å². The third-order valence-corrected chi connectivity index (χ3v) is 5.15. The highest BCUT2D eigenvalue weighted by molar-refractivity contribution is 5.95. The summed E-state index contributed by atoms with van der Waals surface area (Å²) in [5, 5.41) is 0.808. The van der Waals surface area contributed by atoms with Crippen LogP contribution in [0.1, 0.15) is 23.2 Å². The van der Waals surface area contributed by atoms with E-state index >= 15 is 0 Å². The number of hydrogen-bond acceptors (Lipinski definition) is 6. The van der Waals surface area contributed by atoms with E-state index < -0.39 is 0 Å². The largest absolute Gasteiger partial charge is 0.493 e. The molecule has 0 unspecified atom stereocenters. The van der Waals surface area contributed by atoms with Crippen LogP contribution in [0.3, 0.4) is 0 Å². The van der Waals surface area contributed by atoms with Gasteiger partial charge in [-0.15, -0.1) is 0 Å². The van der Waals surface area contributed by atoms with Crippen LogP contribution < -0.4 is 9.47 Å². The summed E-state index contributed by atoms with van der Waals surface area (Å²) in [6.07, 6.45) is 4.16. The first kappa shape index (κ1) is 19.2. The summed E-state index contributed by atoms with van der Waals surface area (Å²) in [5.41, 5.74) is 1.82. The number of carbonyl (C=O) groups is 1. The molecule has 0 aliphatic heterocycles. The number of furan rings is 1. The molecule has 156 valence electrons. The molecule has 1 aliphatic carbocycles. The Labute approximate surface area is 179 Å². The number of benzene rings is 2. The maximum absolute atomic E-state index is 11.7. The number of pyridine rings is 1.